The lowest BCUT2D eigenvalue weighted by atomic mass is 9.94. The Morgan fingerprint density at radius 3 is 2.50 bits per heavy atom. The lowest BCUT2D eigenvalue weighted by Gasteiger charge is -2.34. The minimum atomic E-state index is -3.80. The van der Waals surface area contributed by atoms with Crippen molar-refractivity contribution >= 4 is 27.5 Å². The molecule has 8 heteroatoms. The van der Waals surface area contributed by atoms with Gasteiger partial charge in [0.05, 0.1) is 10.5 Å². The zero-order chi connectivity index (χ0) is 21.9. The molecule has 1 N–H and O–H groups in total. The van der Waals surface area contributed by atoms with Gasteiger partial charge in [-0.05, 0) is 54.5 Å². The molecule has 3 rings (SSSR count). The number of hydrogen-bond acceptors (Lipinski definition) is 3. The molecule has 1 aliphatic heterocycles. The highest BCUT2D eigenvalue weighted by molar-refractivity contribution is 7.89. The van der Waals surface area contributed by atoms with Crippen LogP contribution in [-0.4, -0.2) is 38.3 Å². The summed E-state index contributed by atoms with van der Waals surface area (Å²) in [7, 11) is -3.80. The van der Waals surface area contributed by atoms with Crippen molar-refractivity contribution in [2.45, 2.75) is 31.6 Å². The predicted octanol–water partition coefficient (Wildman–Crippen LogP) is 4.12. The molecule has 0 unspecified atom stereocenters. The minimum absolute atomic E-state index is 0.0681. The van der Waals surface area contributed by atoms with Gasteiger partial charge in [-0.2, -0.15) is 4.31 Å². The highest BCUT2D eigenvalue weighted by Crippen LogP contribution is 2.27. The molecule has 2 aromatic carbocycles. The van der Waals surface area contributed by atoms with Crippen LogP contribution in [0.3, 0.4) is 0 Å². The third kappa shape index (κ3) is 5.20. The quantitative estimate of drug-likeness (QED) is 0.717. The van der Waals surface area contributed by atoms with Crippen LogP contribution in [0.1, 0.15) is 36.2 Å². The maximum Gasteiger partial charge on any atom is 0.254 e. The van der Waals surface area contributed by atoms with Crippen LogP contribution in [0.2, 0.25) is 5.02 Å². The molecule has 0 aromatic heterocycles. The lowest BCUT2D eigenvalue weighted by Crippen LogP contribution is -2.42. The fraction of sp³-hybridized carbons (Fsp3) is 0.409. The number of nitrogens with one attached hydrogen (secondary N) is 1. The van der Waals surface area contributed by atoms with Gasteiger partial charge in [0.25, 0.3) is 5.91 Å². The maximum atomic E-state index is 14.3. The smallest absolute Gasteiger partial charge is 0.254 e. The number of amides is 1. The van der Waals surface area contributed by atoms with Crippen molar-refractivity contribution in [3.8, 4) is 0 Å². The molecule has 0 saturated carbocycles. The van der Waals surface area contributed by atoms with E-state index in [1.54, 1.807) is 6.07 Å². The highest BCUT2D eigenvalue weighted by Gasteiger charge is 2.32. The first-order valence-electron chi connectivity index (χ1n) is 9.99. The van der Waals surface area contributed by atoms with Crippen molar-refractivity contribution in [3.63, 3.8) is 0 Å². The van der Waals surface area contributed by atoms with E-state index < -0.39 is 21.7 Å². The molecule has 30 heavy (non-hydrogen) atoms. The van der Waals surface area contributed by atoms with E-state index in [1.807, 2.05) is 32.0 Å². The molecule has 1 aliphatic rings. The Kier molecular flexibility index (Phi) is 7.16. The fourth-order valence-electron chi connectivity index (χ4n) is 3.90. The molecular weight excluding hydrogens is 427 g/mol. The lowest BCUT2D eigenvalue weighted by molar-refractivity contribution is 0.0950. The molecule has 1 fully saturated rings. The van der Waals surface area contributed by atoms with Gasteiger partial charge in [-0.1, -0.05) is 43.6 Å². The summed E-state index contributed by atoms with van der Waals surface area (Å²) < 4.78 is 41.8. The largest absolute Gasteiger partial charge is 0.352 e. The molecule has 0 radical (unpaired) electrons. The Morgan fingerprint density at radius 1 is 1.17 bits per heavy atom. The van der Waals surface area contributed by atoms with Crippen LogP contribution in [0, 0.1) is 17.7 Å². The number of nitrogens with zero attached hydrogens (tertiary/aromatic N) is 1. The monoisotopic (exact) mass is 452 g/mol. The molecule has 162 valence electrons. The van der Waals surface area contributed by atoms with E-state index in [2.05, 4.69) is 5.32 Å². The van der Waals surface area contributed by atoms with E-state index in [4.69, 9.17) is 11.6 Å². The van der Waals surface area contributed by atoms with Crippen molar-refractivity contribution in [2.75, 3.05) is 19.6 Å². The van der Waals surface area contributed by atoms with Gasteiger partial charge >= 0.3 is 0 Å². The van der Waals surface area contributed by atoms with Gasteiger partial charge < -0.3 is 5.32 Å². The van der Waals surface area contributed by atoms with Crippen molar-refractivity contribution < 1.29 is 17.6 Å². The summed E-state index contributed by atoms with van der Waals surface area (Å²) in [6.45, 7) is 5.12. The van der Waals surface area contributed by atoms with Gasteiger partial charge in [-0.15, -0.1) is 0 Å². The number of rotatable bonds is 6. The van der Waals surface area contributed by atoms with Crippen molar-refractivity contribution in [3.05, 3.63) is 64.4 Å². The van der Waals surface area contributed by atoms with E-state index in [9.17, 15) is 17.6 Å². The second-order valence-corrected chi connectivity index (χ2v) is 10.4. The number of benzene rings is 2. The standard InChI is InChI=1S/C22H26ClFN2O3S/c1-15-11-16(2)14-26(13-15)30(28,29)18-7-8-21(24)19(12-18)22(27)25-10-9-17-5-3-4-6-20(17)23/h3-8,12,15-16H,9-11,13-14H2,1-2H3,(H,25,27)/t15-,16-/m1/s1. The van der Waals surface area contributed by atoms with E-state index >= 15 is 0 Å². The first kappa shape index (κ1) is 22.7. The van der Waals surface area contributed by atoms with Crippen molar-refractivity contribution in [1.29, 1.82) is 0 Å². The van der Waals surface area contributed by atoms with Crippen molar-refractivity contribution in [1.82, 2.24) is 9.62 Å². The van der Waals surface area contributed by atoms with E-state index in [-0.39, 0.29) is 28.8 Å². The number of sulfonamides is 1. The summed E-state index contributed by atoms with van der Waals surface area (Å²) in [4.78, 5) is 12.4. The third-order valence-corrected chi connectivity index (χ3v) is 7.49. The maximum absolute atomic E-state index is 14.3. The molecule has 5 nitrogen and oxygen atoms in total. The van der Waals surface area contributed by atoms with Crippen LogP contribution in [0.5, 0.6) is 0 Å². The first-order valence-corrected chi connectivity index (χ1v) is 11.8. The van der Waals surface area contributed by atoms with Crippen LogP contribution in [0.4, 0.5) is 4.39 Å². The summed E-state index contributed by atoms with van der Waals surface area (Å²) in [6, 6.07) is 10.6. The summed E-state index contributed by atoms with van der Waals surface area (Å²) in [5, 5.41) is 3.24. The zero-order valence-corrected chi connectivity index (χ0v) is 18.6. The van der Waals surface area contributed by atoms with Crippen LogP contribution in [0.25, 0.3) is 0 Å². The van der Waals surface area contributed by atoms with Crippen LogP contribution >= 0.6 is 11.6 Å². The number of halogens is 2. The molecule has 1 saturated heterocycles. The summed E-state index contributed by atoms with van der Waals surface area (Å²) in [6.07, 6.45) is 1.45. The number of carbonyl (C=O) groups is 1. The minimum Gasteiger partial charge on any atom is -0.352 e. The molecule has 1 heterocycles. The topological polar surface area (TPSA) is 66.5 Å². The molecule has 2 atom stereocenters. The third-order valence-electron chi connectivity index (χ3n) is 5.29. The summed E-state index contributed by atoms with van der Waals surface area (Å²) in [5.41, 5.74) is 0.581. The average molecular weight is 453 g/mol. The summed E-state index contributed by atoms with van der Waals surface area (Å²) >= 11 is 6.10. The zero-order valence-electron chi connectivity index (χ0n) is 17.1. The normalized spacial score (nSPS) is 20.1. The molecule has 1 amide bonds. The molecule has 0 spiro atoms. The number of piperidine rings is 1. The Hall–Kier alpha value is -1.96. The Bertz CT molecular complexity index is 1020. The van der Waals surface area contributed by atoms with Crippen LogP contribution in [-0.2, 0) is 16.4 Å². The number of hydrogen-bond donors (Lipinski definition) is 1. The van der Waals surface area contributed by atoms with Crippen LogP contribution < -0.4 is 5.32 Å². The Balaban J connectivity index is 1.74. The predicted molar refractivity (Wildman–Crippen MR) is 116 cm³/mol. The molecule has 2 aromatic rings. The van der Waals surface area contributed by atoms with Gasteiger partial charge in [-0.25, -0.2) is 12.8 Å². The second-order valence-electron chi connectivity index (χ2n) is 8.01. The highest BCUT2D eigenvalue weighted by atomic mass is 35.5. The molecule has 0 bridgehead atoms. The van der Waals surface area contributed by atoms with Crippen LogP contribution in [0.15, 0.2) is 47.4 Å². The molecular formula is C22H26ClFN2O3S. The summed E-state index contributed by atoms with van der Waals surface area (Å²) in [5.74, 6) is -0.922. The van der Waals surface area contributed by atoms with Crippen molar-refractivity contribution in [2.24, 2.45) is 11.8 Å². The number of carbonyl (C=O) groups excluding carboxylic acids is 1. The second kappa shape index (κ2) is 9.45. The van der Waals surface area contributed by atoms with E-state index in [0.29, 0.717) is 24.5 Å². The Labute approximate surface area is 182 Å². The van der Waals surface area contributed by atoms with Gasteiger partial charge in [0.2, 0.25) is 10.0 Å². The van der Waals surface area contributed by atoms with Gasteiger partial charge in [0, 0.05) is 24.7 Å². The average Bonchev–Trinajstić information content (AvgIpc) is 2.68. The fourth-order valence-corrected chi connectivity index (χ4v) is 5.83. The SMILES string of the molecule is C[C@@H]1C[C@@H](C)CN(S(=O)(=O)c2ccc(F)c(C(=O)NCCc3ccccc3Cl)c2)C1. The Morgan fingerprint density at radius 2 is 1.83 bits per heavy atom. The molecule has 0 aliphatic carbocycles. The first-order chi connectivity index (χ1) is 14.2. The van der Waals surface area contributed by atoms with E-state index in [1.165, 1.54) is 10.4 Å². The van der Waals surface area contributed by atoms with Gasteiger partial charge in [0.15, 0.2) is 0 Å². The van der Waals surface area contributed by atoms with Gasteiger partial charge in [0.1, 0.15) is 5.82 Å². The van der Waals surface area contributed by atoms with Gasteiger partial charge in [-0.3, -0.25) is 4.79 Å². The van der Waals surface area contributed by atoms with E-state index in [0.717, 1.165) is 24.1 Å².